The number of benzene rings is 3. The van der Waals surface area contributed by atoms with Crippen molar-refractivity contribution in [2.75, 3.05) is 43.0 Å². The van der Waals surface area contributed by atoms with Crippen molar-refractivity contribution < 1.29 is 38.3 Å². The number of carbonyl (C=O) groups excluding carboxylic acids is 7. The molecule has 2 aromatic heterocycles. The van der Waals surface area contributed by atoms with Gasteiger partial charge in [-0.1, -0.05) is 85.5 Å². The third-order valence-corrected chi connectivity index (χ3v) is 13.8. The fraction of sp³-hybridized carbons (Fsp3) is 0.346. The highest BCUT2D eigenvalue weighted by molar-refractivity contribution is 6.33. The molecule has 4 aliphatic rings. The maximum atomic E-state index is 14.0. The van der Waals surface area contributed by atoms with Gasteiger partial charge < -0.3 is 25.2 Å². The Balaban J connectivity index is 0.671. The SMILES string of the molecule is O=C(COc1cccc2c1C(=O)N(C1CCC(=O)NC1=O)C2=O)NCCCCCCCC(=O)N1CCC2(CC1)CCN(c1cncc(Nc3ncc(Cl)c(-c4cccc(-c5ccccc5)c4)n3)c1)C2=O. The van der Waals surface area contributed by atoms with Gasteiger partial charge in [-0.3, -0.25) is 48.8 Å². The molecule has 3 saturated heterocycles. The molecule has 1 spiro atoms. The molecule has 6 heterocycles. The Kier molecular flexibility index (Phi) is 14.3. The number of carbonyl (C=O) groups is 7. The first-order valence-electron chi connectivity index (χ1n) is 23.7. The Morgan fingerprint density at radius 3 is 2.36 bits per heavy atom. The fourth-order valence-electron chi connectivity index (χ4n) is 9.71. The number of hydrogen-bond donors (Lipinski definition) is 3. The van der Waals surface area contributed by atoms with Crippen LogP contribution in [0.1, 0.15) is 91.3 Å². The third kappa shape index (κ3) is 10.2. The fourth-order valence-corrected chi connectivity index (χ4v) is 9.91. The van der Waals surface area contributed by atoms with Gasteiger partial charge in [0.25, 0.3) is 17.7 Å². The summed E-state index contributed by atoms with van der Waals surface area (Å²) in [5, 5.41) is 8.64. The van der Waals surface area contributed by atoms with E-state index in [0.717, 1.165) is 53.7 Å². The van der Waals surface area contributed by atoms with E-state index in [0.29, 0.717) is 79.9 Å². The van der Waals surface area contributed by atoms with Gasteiger partial charge in [-0.15, -0.1) is 0 Å². The number of pyridine rings is 1. The number of unbranched alkanes of at least 4 members (excludes halogenated alkanes) is 4. The minimum absolute atomic E-state index is 0.00834. The Morgan fingerprint density at radius 1 is 0.800 bits per heavy atom. The molecule has 7 amide bonds. The molecule has 360 valence electrons. The molecule has 18 heteroatoms. The van der Waals surface area contributed by atoms with Crippen molar-refractivity contribution in [3.8, 4) is 28.1 Å². The van der Waals surface area contributed by atoms with Crippen molar-refractivity contribution in [3.63, 3.8) is 0 Å². The highest BCUT2D eigenvalue weighted by Crippen LogP contribution is 2.44. The summed E-state index contributed by atoms with van der Waals surface area (Å²) >= 11 is 6.60. The lowest BCUT2D eigenvalue weighted by Gasteiger charge is -2.38. The second kappa shape index (κ2) is 21.0. The highest BCUT2D eigenvalue weighted by Gasteiger charge is 2.49. The topological polar surface area (TPSA) is 213 Å². The number of imide groups is 2. The molecule has 0 aliphatic carbocycles. The molecule has 9 rings (SSSR count). The first-order valence-corrected chi connectivity index (χ1v) is 24.1. The van der Waals surface area contributed by atoms with Gasteiger partial charge in [0.1, 0.15) is 11.8 Å². The van der Waals surface area contributed by atoms with E-state index in [9.17, 15) is 33.6 Å². The van der Waals surface area contributed by atoms with Crippen LogP contribution in [0.3, 0.4) is 0 Å². The van der Waals surface area contributed by atoms with Crippen molar-refractivity contribution in [2.24, 2.45) is 5.41 Å². The van der Waals surface area contributed by atoms with E-state index in [-0.39, 0.29) is 48.1 Å². The summed E-state index contributed by atoms with van der Waals surface area (Å²) in [6, 6.07) is 23.4. The number of amides is 7. The number of nitrogens with zero attached hydrogens (tertiary/aromatic N) is 6. The number of aromatic nitrogens is 3. The summed E-state index contributed by atoms with van der Waals surface area (Å²) in [6.07, 6.45) is 11.4. The summed E-state index contributed by atoms with van der Waals surface area (Å²) in [5.41, 5.74) is 4.41. The molecule has 70 heavy (non-hydrogen) atoms. The largest absolute Gasteiger partial charge is 0.483 e. The lowest BCUT2D eigenvalue weighted by Crippen LogP contribution is -2.54. The number of likely N-dealkylation sites (tertiary alicyclic amines) is 1. The number of nitrogens with one attached hydrogen (secondary N) is 3. The van der Waals surface area contributed by atoms with Crippen LogP contribution < -0.4 is 25.6 Å². The molecule has 1 atom stereocenters. The second-order valence-corrected chi connectivity index (χ2v) is 18.5. The van der Waals surface area contributed by atoms with E-state index in [4.69, 9.17) is 21.3 Å². The Hall–Kier alpha value is -7.53. The summed E-state index contributed by atoms with van der Waals surface area (Å²) < 4.78 is 5.66. The van der Waals surface area contributed by atoms with Crippen molar-refractivity contribution in [1.82, 2.24) is 35.4 Å². The number of halogens is 1. The van der Waals surface area contributed by atoms with Crippen LogP contribution >= 0.6 is 11.6 Å². The van der Waals surface area contributed by atoms with Crippen LogP contribution in [-0.2, 0) is 24.0 Å². The van der Waals surface area contributed by atoms with Gasteiger partial charge >= 0.3 is 0 Å². The number of piperidine rings is 2. The van der Waals surface area contributed by atoms with Gasteiger partial charge in [-0.05, 0) is 73.9 Å². The van der Waals surface area contributed by atoms with Crippen LogP contribution in [-0.4, -0.2) is 105 Å². The minimum Gasteiger partial charge on any atom is -0.483 e. The molecule has 0 bridgehead atoms. The van der Waals surface area contributed by atoms with Gasteiger partial charge in [-0.2, -0.15) is 0 Å². The lowest BCUT2D eigenvalue weighted by molar-refractivity contribution is -0.137. The third-order valence-electron chi connectivity index (χ3n) is 13.5. The Labute approximate surface area is 409 Å². The molecule has 3 fully saturated rings. The second-order valence-electron chi connectivity index (χ2n) is 18.0. The van der Waals surface area contributed by atoms with Gasteiger partial charge in [0, 0.05) is 44.6 Å². The van der Waals surface area contributed by atoms with Crippen molar-refractivity contribution >= 4 is 70.3 Å². The van der Waals surface area contributed by atoms with Crippen LogP contribution in [0.25, 0.3) is 22.4 Å². The molecule has 0 saturated carbocycles. The van der Waals surface area contributed by atoms with Gasteiger partial charge in [0.15, 0.2) is 6.61 Å². The molecule has 0 radical (unpaired) electrons. The van der Waals surface area contributed by atoms with E-state index in [2.05, 4.69) is 38.1 Å². The normalized spacial score (nSPS) is 17.5. The first-order chi connectivity index (χ1) is 34.0. The van der Waals surface area contributed by atoms with Gasteiger partial charge in [-0.25, -0.2) is 9.97 Å². The predicted molar refractivity (Wildman–Crippen MR) is 260 cm³/mol. The summed E-state index contributed by atoms with van der Waals surface area (Å²) in [4.78, 5) is 108. The van der Waals surface area contributed by atoms with Crippen molar-refractivity contribution in [1.29, 1.82) is 0 Å². The lowest BCUT2D eigenvalue weighted by atomic mass is 9.77. The average molecular weight is 966 g/mol. The summed E-state index contributed by atoms with van der Waals surface area (Å²) in [7, 11) is 0. The molecular weight excluding hydrogens is 914 g/mol. The van der Waals surface area contributed by atoms with Crippen LogP contribution in [0, 0.1) is 5.41 Å². The van der Waals surface area contributed by atoms with E-state index in [1.807, 2.05) is 53.4 Å². The number of anilines is 3. The zero-order valence-corrected chi connectivity index (χ0v) is 39.2. The molecular formula is C52H52ClN9O8. The average Bonchev–Trinajstić information content (AvgIpc) is 3.82. The quantitative estimate of drug-likeness (QED) is 0.0643. The Bertz CT molecular complexity index is 2850. The van der Waals surface area contributed by atoms with E-state index in [1.165, 1.54) is 18.2 Å². The van der Waals surface area contributed by atoms with Crippen molar-refractivity contribution in [2.45, 2.75) is 76.7 Å². The highest BCUT2D eigenvalue weighted by atomic mass is 35.5. The monoisotopic (exact) mass is 965 g/mol. The molecule has 17 nitrogen and oxygen atoms in total. The maximum absolute atomic E-state index is 14.0. The van der Waals surface area contributed by atoms with E-state index >= 15 is 0 Å². The minimum atomic E-state index is -1.10. The zero-order chi connectivity index (χ0) is 48.8. The Morgan fingerprint density at radius 2 is 1.54 bits per heavy atom. The smallest absolute Gasteiger partial charge is 0.266 e. The predicted octanol–water partition coefficient (Wildman–Crippen LogP) is 6.89. The first kappa shape index (κ1) is 47.5. The van der Waals surface area contributed by atoms with Gasteiger partial charge in [0.2, 0.25) is 29.6 Å². The maximum Gasteiger partial charge on any atom is 0.266 e. The standard InChI is InChI=1S/C52H52ClN9O8/c53-39-31-56-51(59-46(39)35-14-9-13-34(27-35)33-11-5-4-6-12-33)57-36-28-37(30-54-29-36)61-26-22-52(50(61)69)20-24-60(25-21-52)44(65)17-7-2-1-3-8-23-55-43(64)32-70-41-16-10-15-38-45(41)49(68)62(48(38)67)40-18-19-42(63)58-47(40)66/h4-6,9-16,27-31,40H,1-3,7-8,17-26,32H2,(H,55,64)(H,56,57,59)(H,58,63,66). The van der Waals surface area contributed by atoms with Crippen LogP contribution in [0.15, 0.2) is 97.5 Å². The van der Waals surface area contributed by atoms with Crippen LogP contribution in [0.2, 0.25) is 5.02 Å². The van der Waals surface area contributed by atoms with Crippen molar-refractivity contribution in [3.05, 3.63) is 114 Å². The summed E-state index contributed by atoms with van der Waals surface area (Å²) in [6.45, 7) is 1.68. The zero-order valence-electron chi connectivity index (χ0n) is 38.5. The van der Waals surface area contributed by atoms with E-state index < -0.39 is 41.0 Å². The number of rotatable bonds is 17. The molecule has 3 aromatic carbocycles. The van der Waals surface area contributed by atoms with Gasteiger partial charge in [0.05, 0.1) is 57.2 Å². The summed E-state index contributed by atoms with van der Waals surface area (Å²) in [5.74, 6) is -2.36. The molecule has 4 aliphatic heterocycles. The van der Waals surface area contributed by atoms with Crippen LogP contribution in [0.4, 0.5) is 17.3 Å². The molecule has 5 aromatic rings. The van der Waals surface area contributed by atoms with E-state index in [1.54, 1.807) is 23.5 Å². The van der Waals surface area contributed by atoms with Crippen LogP contribution in [0.5, 0.6) is 5.75 Å². The number of fused-ring (bicyclic) bond motifs is 1. The number of hydrogen-bond acceptors (Lipinski definition) is 12. The molecule has 3 N–H and O–H groups in total. The molecule has 1 unspecified atom stereocenters. The number of ether oxygens (including phenoxy) is 1.